The molecule has 0 aliphatic rings. The van der Waals surface area contributed by atoms with Crippen molar-refractivity contribution in [1.29, 1.82) is 0 Å². The molecule has 11 heteroatoms. The number of benzene rings is 2. The molecule has 1 amide bonds. The van der Waals surface area contributed by atoms with Crippen LogP contribution in [0.15, 0.2) is 61.4 Å². The highest BCUT2D eigenvalue weighted by Crippen LogP contribution is 2.33. The first kappa shape index (κ1) is 23.5. The molecule has 0 radical (unpaired) electrons. The van der Waals surface area contributed by atoms with Crippen LogP contribution in [0.2, 0.25) is 0 Å². The molecule has 0 aliphatic carbocycles. The van der Waals surface area contributed by atoms with Crippen molar-refractivity contribution in [2.24, 2.45) is 0 Å². The normalized spacial score (nSPS) is 12.1. The van der Waals surface area contributed by atoms with E-state index in [4.69, 9.17) is 11.6 Å². The lowest BCUT2D eigenvalue weighted by molar-refractivity contribution is -0.0964. The van der Waals surface area contributed by atoms with E-state index in [1.54, 1.807) is 30.9 Å². The predicted octanol–water partition coefficient (Wildman–Crippen LogP) is 4.64. The second kappa shape index (κ2) is 8.96. The largest absolute Gasteiger partial charge is 0.487 e. The van der Waals surface area contributed by atoms with Crippen molar-refractivity contribution in [2.45, 2.75) is 25.0 Å². The number of nitrogens with zero attached hydrogens (tertiary/aromatic N) is 4. The van der Waals surface area contributed by atoms with Gasteiger partial charge in [-0.2, -0.15) is 0 Å². The van der Waals surface area contributed by atoms with Gasteiger partial charge in [-0.15, -0.1) is 8.78 Å². The van der Waals surface area contributed by atoms with E-state index in [-0.39, 0.29) is 12.4 Å². The summed E-state index contributed by atoms with van der Waals surface area (Å²) >= 11 is 4.77. The minimum absolute atomic E-state index is 0.124. The fourth-order valence-electron chi connectivity index (χ4n) is 3.42. The van der Waals surface area contributed by atoms with E-state index in [9.17, 15) is 18.7 Å². The summed E-state index contributed by atoms with van der Waals surface area (Å²) in [5.74, 6) is -0.588. The standard InChI is InChI=1S/C23H20ClF2N5O3/c1-22(2,11-32)31-13-29-19-8-14(7-18(20(19)31)15-9-27-12-28-10-15)21(33)30-16-3-5-17(6-4-16)34-23(24,25)26/h3-10,12-13,32H,11H2,1-2H3,(H,30,33). The molecule has 0 saturated heterocycles. The summed E-state index contributed by atoms with van der Waals surface area (Å²) in [4.78, 5) is 25.6. The van der Waals surface area contributed by atoms with Gasteiger partial charge < -0.3 is 19.7 Å². The molecule has 4 rings (SSSR count). The maximum Gasteiger partial charge on any atom is 0.487 e. The molecule has 0 bridgehead atoms. The maximum atomic E-state index is 13.0. The van der Waals surface area contributed by atoms with Crippen molar-refractivity contribution in [2.75, 3.05) is 11.9 Å². The van der Waals surface area contributed by atoms with Gasteiger partial charge in [0.1, 0.15) is 12.1 Å². The van der Waals surface area contributed by atoms with Crippen molar-refractivity contribution in [3.05, 3.63) is 67.0 Å². The van der Waals surface area contributed by atoms with Crippen LogP contribution in [0.5, 0.6) is 5.75 Å². The van der Waals surface area contributed by atoms with E-state index in [2.05, 4.69) is 25.0 Å². The average Bonchev–Trinajstić information content (AvgIpc) is 3.24. The number of alkyl halides is 3. The first-order valence-electron chi connectivity index (χ1n) is 10.1. The summed E-state index contributed by atoms with van der Waals surface area (Å²) in [6.07, 6.45) is 6.26. The summed E-state index contributed by atoms with van der Waals surface area (Å²) in [6, 6.07) is 8.68. The minimum Gasteiger partial charge on any atom is -0.420 e. The summed E-state index contributed by atoms with van der Waals surface area (Å²) in [5, 5.41) is 12.6. The third-order valence-electron chi connectivity index (χ3n) is 5.16. The van der Waals surface area contributed by atoms with E-state index in [0.29, 0.717) is 33.4 Å². The van der Waals surface area contributed by atoms with Gasteiger partial charge in [0.15, 0.2) is 0 Å². The number of hydrogen-bond acceptors (Lipinski definition) is 6. The number of fused-ring (bicyclic) bond motifs is 1. The number of rotatable bonds is 7. The second-order valence-electron chi connectivity index (χ2n) is 8.13. The van der Waals surface area contributed by atoms with E-state index in [0.717, 1.165) is 0 Å². The maximum absolute atomic E-state index is 13.0. The number of aromatic nitrogens is 4. The molecule has 2 N–H and O–H groups in total. The quantitative estimate of drug-likeness (QED) is 0.368. The Morgan fingerprint density at radius 1 is 1.18 bits per heavy atom. The van der Waals surface area contributed by atoms with Crippen molar-refractivity contribution in [1.82, 2.24) is 19.5 Å². The van der Waals surface area contributed by atoms with Crippen LogP contribution in [0, 0.1) is 0 Å². The molecule has 0 fully saturated rings. The van der Waals surface area contributed by atoms with Crippen molar-refractivity contribution >= 4 is 34.2 Å². The molecule has 34 heavy (non-hydrogen) atoms. The van der Waals surface area contributed by atoms with Gasteiger partial charge in [0.25, 0.3) is 5.91 Å². The van der Waals surface area contributed by atoms with Crippen molar-refractivity contribution in [3.8, 4) is 16.9 Å². The molecule has 8 nitrogen and oxygen atoms in total. The molecule has 0 saturated carbocycles. The van der Waals surface area contributed by atoms with Crippen LogP contribution in [0.1, 0.15) is 24.2 Å². The molecule has 2 aromatic carbocycles. The molecular weight excluding hydrogens is 468 g/mol. The SMILES string of the molecule is CC(C)(CO)n1cnc2cc(C(=O)Nc3ccc(OC(F)(F)Cl)cc3)cc(-c3cncnc3)c21. The number of carbonyl (C=O) groups excluding carboxylic acids is 1. The van der Waals surface area contributed by atoms with Gasteiger partial charge in [0.05, 0.1) is 29.5 Å². The highest BCUT2D eigenvalue weighted by molar-refractivity contribution is 6.20. The van der Waals surface area contributed by atoms with E-state index < -0.39 is 17.0 Å². The third kappa shape index (κ3) is 4.97. The topological polar surface area (TPSA) is 102 Å². The van der Waals surface area contributed by atoms with E-state index in [1.165, 1.54) is 30.6 Å². The lowest BCUT2D eigenvalue weighted by Gasteiger charge is -2.25. The molecule has 4 aromatic rings. The van der Waals surface area contributed by atoms with Gasteiger partial charge >= 0.3 is 5.57 Å². The number of aliphatic hydroxyl groups excluding tert-OH is 1. The number of imidazole rings is 1. The van der Waals surface area contributed by atoms with Crippen molar-refractivity contribution < 1.29 is 23.4 Å². The number of amides is 1. The third-order valence-corrected chi connectivity index (χ3v) is 5.24. The summed E-state index contributed by atoms with van der Waals surface area (Å²) in [7, 11) is 0. The number of nitrogens with one attached hydrogen (secondary N) is 1. The highest BCUT2D eigenvalue weighted by atomic mass is 35.5. The summed E-state index contributed by atoms with van der Waals surface area (Å²) < 4.78 is 31.7. The van der Waals surface area contributed by atoms with Gasteiger partial charge in [-0.05, 0) is 50.2 Å². The Balaban J connectivity index is 1.71. The lowest BCUT2D eigenvalue weighted by Crippen LogP contribution is -2.29. The van der Waals surface area contributed by atoms with E-state index in [1.807, 2.05) is 18.4 Å². The number of anilines is 1. The molecule has 0 aliphatic heterocycles. The van der Waals surface area contributed by atoms with Crippen LogP contribution in [0.3, 0.4) is 0 Å². The monoisotopic (exact) mass is 487 g/mol. The number of ether oxygens (including phenoxy) is 1. The Morgan fingerprint density at radius 3 is 2.47 bits per heavy atom. The number of hydrogen-bond donors (Lipinski definition) is 2. The average molecular weight is 488 g/mol. The van der Waals surface area contributed by atoms with E-state index >= 15 is 0 Å². The molecule has 2 heterocycles. The van der Waals surface area contributed by atoms with Crippen LogP contribution in [-0.4, -0.2) is 42.7 Å². The molecule has 0 spiro atoms. The van der Waals surface area contributed by atoms with Gasteiger partial charge in [-0.1, -0.05) is 0 Å². The predicted molar refractivity (Wildman–Crippen MR) is 123 cm³/mol. The van der Waals surface area contributed by atoms with Crippen LogP contribution in [0.4, 0.5) is 14.5 Å². The fraction of sp³-hybridized carbons (Fsp3) is 0.217. The number of aliphatic hydroxyl groups is 1. The smallest absolute Gasteiger partial charge is 0.420 e. The Morgan fingerprint density at radius 2 is 1.85 bits per heavy atom. The Bertz CT molecular complexity index is 1320. The molecular formula is C23H20ClF2N5O3. The Labute approximate surface area is 198 Å². The number of carbonyl (C=O) groups is 1. The summed E-state index contributed by atoms with van der Waals surface area (Å²) in [5.41, 5.74) is -1.21. The highest BCUT2D eigenvalue weighted by Gasteiger charge is 2.27. The van der Waals surface area contributed by atoms with Crippen LogP contribution in [0.25, 0.3) is 22.2 Å². The zero-order chi connectivity index (χ0) is 24.5. The minimum atomic E-state index is -3.83. The Hall–Kier alpha value is -3.63. The molecule has 176 valence electrons. The zero-order valence-electron chi connectivity index (χ0n) is 18.2. The zero-order valence-corrected chi connectivity index (χ0v) is 18.9. The van der Waals surface area contributed by atoms with Gasteiger partial charge in [0.2, 0.25) is 0 Å². The van der Waals surface area contributed by atoms with Gasteiger partial charge in [-0.25, -0.2) is 15.0 Å². The molecule has 0 unspecified atom stereocenters. The van der Waals surface area contributed by atoms with Gasteiger partial charge in [0, 0.05) is 46.4 Å². The number of halogens is 3. The molecule has 0 atom stereocenters. The van der Waals surface area contributed by atoms with Crippen LogP contribution in [-0.2, 0) is 5.54 Å². The van der Waals surface area contributed by atoms with Gasteiger partial charge in [-0.3, -0.25) is 4.79 Å². The summed E-state index contributed by atoms with van der Waals surface area (Å²) in [6.45, 7) is 3.61. The molecule has 2 aromatic heterocycles. The van der Waals surface area contributed by atoms with Crippen LogP contribution < -0.4 is 10.1 Å². The van der Waals surface area contributed by atoms with Crippen LogP contribution >= 0.6 is 11.6 Å². The second-order valence-corrected chi connectivity index (χ2v) is 8.57. The first-order valence-corrected chi connectivity index (χ1v) is 10.5. The van der Waals surface area contributed by atoms with Crippen molar-refractivity contribution in [3.63, 3.8) is 0 Å². The Kier molecular flexibility index (Phi) is 6.20. The fourth-order valence-corrected chi connectivity index (χ4v) is 3.51. The first-order chi connectivity index (χ1) is 16.1. The lowest BCUT2D eigenvalue weighted by atomic mass is 10.0.